The number of fused-ring (bicyclic) bond motifs is 1. The monoisotopic (exact) mass is 273 g/mol. The number of hydrogen-bond donors (Lipinski definition) is 0. The van der Waals surface area contributed by atoms with Crippen molar-refractivity contribution in [3.05, 3.63) is 40.8 Å². The maximum Gasteiger partial charge on any atom is 0.258 e. The Hall–Kier alpha value is -1.77. The summed E-state index contributed by atoms with van der Waals surface area (Å²) in [6, 6.07) is 7.59. The number of methoxy groups -OCH3 is 1. The Labute approximate surface area is 120 Å². The molecule has 0 fully saturated rings. The Kier molecular flexibility index (Phi) is 5.22. The van der Waals surface area contributed by atoms with Gasteiger partial charge in [-0.1, -0.05) is 32.6 Å². The number of rotatable bonds is 7. The number of aromatic nitrogens is 1. The summed E-state index contributed by atoms with van der Waals surface area (Å²) < 4.78 is 7.01. The third kappa shape index (κ3) is 3.41. The van der Waals surface area contributed by atoms with Crippen molar-refractivity contribution in [3.8, 4) is 5.75 Å². The fraction of sp³-hybridized carbons (Fsp3) is 0.471. The van der Waals surface area contributed by atoms with Crippen molar-refractivity contribution in [2.45, 2.75) is 45.6 Å². The van der Waals surface area contributed by atoms with Crippen molar-refractivity contribution in [2.24, 2.45) is 0 Å². The average Bonchev–Trinajstić information content (AvgIpc) is 2.48. The molecule has 0 saturated heterocycles. The van der Waals surface area contributed by atoms with Gasteiger partial charge in [0.2, 0.25) is 0 Å². The molecule has 0 aliphatic heterocycles. The van der Waals surface area contributed by atoms with Crippen LogP contribution in [0, 0.1) is 0 Å². The minimum absolute atomic E-state index is 0.0978. The molecule has 108 valence electrons. The highest BCUT2D eigenvalue weighted by molar-refractivity contribution is 5.82. The lowest BCUT2D eigenvalue weighted by Crippen LogP contribution is -2.19. The first-order chi connectivity index (χ1) is 9.76. The van der Waals surface area contributed by atoms with E-state index < -0.39 is 0 Å². The van der Waals surface area contributed by atoms with Crippen LogP contribution < -0.4 is 10.3 Å². The van der Waals surface area contributed by atoms with Crippen molar-refractivity contribution in [1.29, 1.82) is 0 Å². The van der Waals surface area contributed by atoms with Crippen LogP contribution in [-0.4, -0.2) is 11.7 Å². The summed E-state index contributed by atoms with van der Waals surface area (Å²) in [5.74, 6) is 0.786. The molecule has 1 aromatic heterocycles. The van der Waals surface area contributed by atoms with Crippen LogP contribution in [-0.2, 0) is 6.54 Å². The molecule has 1 heterocycles. The smallest absolute Gasteiger partial charge is 0.258 e. The number of ether oxygens (including phenoxy) is 1. The predicted molar refractivity (Wildman–Crippen MR) is 83.5 cm³/mol. The van der Waals surface area contributed by atoms with Gasteiger partial charge >= 0.3 is 0 Å². The van der Waals surface area contributed by atoms with E-state index in [1.54, 1.807) is 7.11 Å². The van der Waals surface area contributed by atoms with Crippen LogP contribution in [0.3, 0.4) is 0 Å². The molecular weight excluding hydrogens is 250 g/mol. The number of benzene rings is 1. The number of hydrogen-bond acceptors (Lipinski definition) is 2. The Balaban J connectivity index is 2.11. The average molecular weight is 273 g/mol. The van der Waals surface area contributed by atoms with E-state index in [1.165, 1.54) is 25.7 Å². The molecule has 2 rings (SSSR count). The zero-order chi connectivity index (χ0) is 14.4. The molecule has 0 spiro atoms. The normalized spacial score (nSPS) is 10.9. The highest BCUT2D eigenvalue weighted by Crippen LogP contribution is 2.17. The maximum atomic E-state index is 12.4. The van der Waals surface area contributed by atoms with Gasteiger partial charge in [-0.15, -0.1) is 0 Å². The van der Waals surface area contributed by atoms with Gasteiger partial charge in [-0.05, 0) is 36.1 Å². The fourth-order valence-corrected chi connectivity index (χ4v) is 2.45. The topological polar surface area (TPSA) is 31.2 Å². The highest BCUT2D eigenvalue weighted by Gasteiger charge is 2.03. The van der Waals surface area contributed by atoms with Gasteiger partial charge in [-0.2, -0.15) is 0 Å². The molecule has 3 nitrogen and oxygen atoms in total. The standard InChI is InChI=1S/C17H23NO2/c1-3-4-5-6-7-11-18-12-10-14-13-15(20-2)8-9-16(14)17(18)19/h8-10,12-13H,3-7,11H2,1-2H3. The Bertz CT molecular complexity index is 616. The lowest BCUT2D eigenvalue weighted by Gasteiger charge is -2.08. The SMILES string of the molecule is CCCCCCCn1ccc2cc(OC)ccc2c1=O. The second kappa shape index (κ2) is 7.13. The second-order valence-electron chi connectivity index (χ2n) is 5.18. The van der Waals surface area contributed by atoms with Gasteiger partial charge in [0.25, 0.3) is 5.56 Å². The van der Waals surface area contributed by atoms with Crippen molar-refractivity contribution in [3.63, 3.8) is 0 Å². The highest BCUT2D eigenvalue weighted by atomic mass is 16.5. The van der Waals surface area contributed by atoms with Crippen LogP contribution in [0.2, 0.25) is 0 Å². The van der Waals surface area contributed by atoms with Crippen LogP contribution in [0.4, 0.5) is 0 Å². The minimum Gasteiger partial charge on any atom is -0.497 e. The van der Waals surface area contributed by atoms with E-state index in [2.05, 4.69) is 6.92 Å². The molecule has 1 aromatic carbocycles. The second-order valence-corrected chi connectivity index (χ2v) is 5.18. The molecule has 0 N–H and O–H groups in total. The summed E-state index contributed by atoms with van der Waals surface area (Å²) in [7, 11) is 1.64. The summed E-state index contributed by atoms with van der Waals surface area (Å²) in [4.78, 5) is 12.4. The van der Waals surface area contributed by atoms with Gasteiger partial charge in [0.15, 0.2) is 0 Å². The molecule has 0 bridgehead atoms. The first kappa shape index (κ1) is 14.6. The molecule has 0 radical (unpaired) electrons. The summed E-state index contributed by atoms with van der Waals surface area (Å²) in [6.45, 7) is 3.02. The first-order valence-corrected chi connectivity index (χ1v) is 7.43. The van der Waals surface area contributed by atoms with Crippen LogP contribution >= 0.6 is 0 Å². The van der Waals surface area contributed by atoms with E-state index in [4.69, 9.17) is 4.74 Å². The van der Waals surface area contributed by atoms with E-state index >= 15 is 0 Å². The molecule has 0 amide bonds. The van der Waals surface area contributed by atoms with Gasteiger partial charge in [-0.3, -0.25) is 4.79 Å². The molecule has 3 heteroatoms. The Morgan fingerprint density at radius 3 is 2.65 bits per heavy atom. The van der Waals surface area contributed by atoms with Gasteiger partial charge in [0, 0.05) is 18.1 Å². The van der Waals surface area contributed by atoms with E-state index in [1.807, 2.05) is 35.0 Å². The number of pyridine rings is 1. The summed E-state index contributed by atoms with van der Waals surface area (Å²) in [6.07, 6.45) is 7.95. The molecular formula is C17H23NO2. The summed E-state index contributed by atoms with van der Waals surface area (Å²) >= 11 is 0. The molecule has 0 unspecified atom stereocenters. The van der Waals surface area contributed by atoms with Gasteiger partial charge in [0.05, 0.1) is 7.11 Å². The van der Waals surface area contributed by atoms with Crippen molar-refractivity contribution in [1.82, 2.24) is 4.57 Å². The summed E-state index contributed by atoms with van der Waals surface area (Å²) in [5, 5.41) is 1.71. The van der Waals surface area contributed by atoms with Gasteiger partial charge < -0.3 is 9.30 Å². The fourth-order valence-electron chi connectivity index (χ4n) is 2.45. The zero-order valence-electron chi connectivity index (χ0n) is 12.4. The molecule has 0 saturated carbocycles. The quantitative estimate of drug-likeness (QED) is 0.714. The molecule has 0 atom stereocenters. The van der Waals surface area contributed by atoms with Crippen LogP contribution in [0.5, 0.6) is 5.75 Å². The predicted octanol–water partition coefficient (Wildman–Crippen LogP) is 3.98. The molecule has 0 aliphatic rings. The van der Waals surface area contributed by atoms with Crippen LogP contribution in [0.1, 0.15) is 39.0 Å². The Morgan fingerprint density at radius 2 is 1.90 bits per heavy atom. The van der Waals surface area contributed by atoms with E-state index in [0.29, 0.717) is 0 Å². The van der Waals surface area contributed by atoms with E-state index in [9.17, 15) is 4.79 Å². The Morgan fingerprint density at radius 1 is 1.10 bits per heavy atom. The minimum atomic E-state index is 0.0978. The lowest BCUT2D eigenvalue weighted by atomic mass is 10.1. The van der Waals surface area contributed by atoms with Gasteiger partial charge in [0.1, 0.15) is 5.75 Å². The van der Waals surface area contributed by atoms with Crippen molar-refractivity contribution >= 4 is 10.8 Å². The van der Waals surface area contributed by atoms with Crippen LogP contribution in [0.25, 0.3) is 10.8 Å². The largest absolute Gasteiger partial charge is 0.497 e. The number of nitrogens with zero attached hydrogens (tertiary/aromatic N) is 1. The molecule has 0 aliphatic carbocycles. The maximum absolute atomic E-state index is 12.4. The lowest BCUT2D eigenvalue weighted by molar-refractivity contribution is 0.415. The zero-order valence-corrected chi connectivity index (χ0v) is 12.4. The summed E-state index contributed by atoms with van der Waals surface area (Å²) in [5.41, 5.74) is 0.0978. The van der Waals surface area contributed by atoms with Gasteiger partial charge in [-0.25, -0.2) is 0 Å². The number of aryl methyl sites for hydroxylation is 1. The van der Waals surface area contributed by atoms with Crippen molar-refractivity contribution < 1.29 is 4.74 Å². The first-order valence-electron chi connectivity index (χ1n) is 7.43. The third-order valence-corrected chi connectivity index (χ3v) is 3.69. The molecule has 20 heavy (non-hydrogen) atoms. The number of unbranched alkanes of at least 4 members (excludes halogenated alkanes) is 4. The van der Waals surface area contributed by atoms with Crippen molar-refractivity contribution in [2.75, 3.05) is 7.11 Å². The molecule has 2 aromatic rings. The van der Waals surface area contributed by atoms with E-state index in [-0.39, 0.29) is 5.56 Å². The van der Waals surface area contributed by atoms with Crippen LogP contribution in [0.15, 0.2) is 35.3 Å². The van der Waals surface area contributed by atoms with E-state index in [0.717, 1.165) is 29.5 Å². The third-order valence-electron chi connectivity index (χ3n) is 3.69.